The molecule has 0 aliphatic carbocycles. The lowest BCUT2D eigenvalue weighted by molar-refractivity contribution is -0.115. The van der Waals surface area contributed by atoms with E-state index >= 15 is 0 Å². The van der Waals surface area contributed by atoms with Gasteiger partial charge in [-0.1, -0.05) is 12.1 Å². The third-order valence-electron chi connectivity index (χ3n) is 2.51. The highest BCUT2D eigenvalue weighted by Gasteiger charge is 2.05. The zero-order valence-electron chi connectivity index (χ0n) is 10.5. The molecule has 0 spiro atoms. The van der Waals surface area contributed by atoms with Gasteiger partial charge in [0, 0.05) is 11.1 Å². The summed E-state index contributed by atoms with van der Waals surface area (Å²) in [7, 11) is 0. The molecular weight excluding hydrogens is 260 g/mol. The van der Waals surface area contributed by atoms with Gasteiger partial charge in [-0.25, -0.2) is 4.98 Å². The first kappa shape index (κ1) is 13.4. The standard InChI is InChI=1S/C14H14N2O2S/c1-19-12-5-6-13(15-9-12)16-14(18)8-10-3-2-4-11(17)7-10/h2-7,9,17H,8H2,1H3,(H,15,16,18). The summed E-state index contributed by atoms with van der Waals surface area (Å²) in [4.78, 5) is 17.0. The highest BCUT2D eigenvalue weighted by molar-refractivity contribution is 7.98. The van der Waals surface area contributed by atoms with Crippen LogP contribution in [0.2, 0.25) is 0 Å². The van der Waals surface area contributed by atoms with E-state index in [1.54, 1.807) is 48.3 Å². The van der Waals surface area contributed by atoms with Crippen LogP contribution in [0.5, 0.6) is 5.75 Å². The average molecular weight is 274 g/mol. The average Bonchev–Trinajstić information content (AvgIpc) is 2.39. The van der Waals surface area contributed by atoms with Crippen molar-refractivity contribution in [3.8, 4) is 5.75 Å². The highest BCUT2D eigenvalue weighted by Crippen LogP contribution is 2.15. The number of nitrogens with zero attached hydrogens (tertiary/aromatic N) is 1. The van der Waals surface area contributed by atoms with Gasteiger partial charge in [0.15, 0.2) is 0 Å². The molecule has 19 heavy (non-hydrogen) atoms. The maximum atomic E-state index is 11.8. The predicted molar refractivity (Wildman–Crippen MR) is 76.5 cm³/mol. The summed E-state index contributed by atoms with van der Waals surface area (Å²) in [5.41, 5.74) is 0.762. The van der Waals surface area contributed by atoms with Crippen LogP contribution in [0.25, 0.3) is 0 Å². The number of nitrogens with one attached hydrogen (secondary N) is 1. The number of aromatic nitrogens is 1. The maximum absolute atomic E-state index is 11.8. The Labute approximate surface area is 115 Å². The van der Waals surface area contributed by atoms with Crippen LogP contribution < -0.4 is 5.32 Å². The van der Waals surface area contributed by atoms with E-state index in [4.69, 9.17) is 0 Å². The number of thioether (sulfide) groups is 1. The van der Waals surface area contributed by atoms with Gasteiger partial charge in [-0.2, -0.15) is 0 Å². The molecule has 0 saturated heterocycles. The van der Waals surface area contributed by atoms with Crippen LogP contribution in [0, 0.1) is 0 Å². The molecule has 0 atom stereocenters. The number of aromatic hydroxyl groups is 1. The second-order valence-electron chi connectivity index (χ2n) is 3.98. The normalized spacial score (nSPS) is 10.2. The van der Waals surface area contributed by atoms with Crippen molar-refractivity contribution in [2.75, 3.05) is 11.6 Å². The van der Waals surface area contributed by atoms with Crippen molar-refractivity contribution in [3.63, 3.8) is 0 Å². The van der Waals surface area contributed by atoms with Gasteiger partial charge >= 0.3 is 0 Å². The summed E-state index contributed by atoms with van der Waals surface area (Å²) in [6.45, 7) is 0. The molecule has 0 aliphatic heterocycles. The van der Waals surface area contributed by atoms with Crippen LogP contribution in [0.1, 0.15) is 5.56 Å². The number of carbonyl (C=O) groups is 1. The fourth-order valence-electron chi connectivity index (χ4n) is 1.61. The van der Waals surface area contributed by atoms with Crippen LogP contribution >= 0.6 is 11.8 Å². The third-order valence-corrected chi connectivity index (χ3v) is 3.23. The van der Waals surface area contributed by atoms with Gasteiger partial charge in [-0.05, 0) is 36.1 Å². The van der Waals surface area contributed by atoms with Gasteiger partial charge in [0.25, 0.3) is 0 Å². The van der Waals surface area contributed by atoms with Crippen LogP contribution in [0.4, 0.5) is 5.82 Å². The Morgan fingerprint density at radius 3 is 2.84 bits per heavy atom. The van der Waals surface area contributed by atoms with Crippen LogP contribution in [-0.4, -0.2) is 22.3 Å². The number of amides is 1. The van der Waals surface area contributed by atoms with E-state index in [0.717, 1.165) is 10.5 Å². The molecule has 2 N–H and O–H groups in total. The maximum Gasteiger partial charge on any atom is 0.229 e. The molecule has 98 valence electrons. The summed E-state index contributed by atoms with van der Waals surface area (Å²) < 4.78 is 0. The van der Waals surface area contributed by atoms with Crippen molar-refractivity contribution >= 4 is 23.5 Å². The van der Waals surface area contributed by atoms with Gasteiger partial charge in [0.05, 0.1) is 6.42 Å². The molecule has 0 bridgehead atoms. The summed E-state index contributed by atoms with van der Waals surface area (Å²) in [6, 6.07) is 10.3. The number of carbonyl (C=O) groups excluding carboxylic acids is 1. The highest BCUT2D eigenvalue weighted by atomic mass is 32.2. The molecule has 1 amide bonds. The minimum atomic E-state index is -0.157. The Hall–Kier alpha value is -2.01. The molecule has 5 heteroatoms. The summed E-state index contributed by atoms with van der Waals surface area (Å²) in [5.74, 6) is 0.533. The lowest BCUT2D eigenvalue weighted by atomic mass is 10.1. The fraction of sp³-hybridized carbons (Fsp3) is 0.143. The van der Waals surface area contributed by atoms with E-state index in [-0.39, 0.29) is 18.1 Å². The van der Waals surface area contributed by atoms with Gasteiger partial charge < -0.3 is 10.4 Å². The Morgan fingerprint density at radius 2 is 2.21 bits per heavy atom. The molecule has 1 aromatic carbocycles. The Kier molecular flexibility index (Phi) is 4.41. The molecule has 0 aliphatic rings. The topological polar surface area (TPSA) is 62.2 Å². The summed E-state index contributed by atoms with van der Waals surface area (Å²) in [6.07, 6.45) is 3.89. The van der Waals surface area contributed by atoms with Crippen molar-refractivity contribution in [1.29, 1.82) is 0 Å². The van der Waals surface area contributed by atoms with E-state index in [1.807, 2.05) is 12.3 Å². The van der Waals surface area contributed by atoms with Crippen molar-refractivity contribution in [3.05, 3.63) is 48.2 Å². The number of phenolic OH excluding ortho intramolecular Hbond substituents is 1. The van der Waals surface area contributed by atoms with E-state index in [1.165, 1.54) is 0 Å². The predicted octanol–water partition coefficient (Wildman–Crippen LogP) is 2.69. The number of pyridine rings is 1. The first-order valence-corrected chi connectivity index (χ1v) is 6.97. The van der Waals surface area contributed by atoms with Crippen LogP contribution in [0.3, 0.4) is 0 Å². The van der Waals surface area contributed by atoms with Gasteiger partial charge in [-0.3, -0.25) is 4.79 Å². The lowest BCUT2D eigenvalue weighted by Gasteiger charge is -2.05. The SMILES string of the molecule is CSc1ccc(NC(=O)Cc2cccc(O)c2)nc1. The Bertz CT molecular complexity index is 570. The second-order valence-corrected chi connectivity index (χ2v) is 4.86. The molecule has 2 rings (SSSR count). The first-order valence-electron chi connectivity index (χ1n) is 5.75. The number of anilines is 1. The zero-order valence-corrected chi connectivity index (χ0v) is 11.3. The quantitative estimate of drug-likeness (QED) is 0.841. The molecular formula is C14H14N2O2S. The van der Waals surface area contributed by atoms with Crippen molar-refractivity contribution < 1.29 is 9.90 Å². The lowest BCUT2D eigenvalue weighted by Crippen LogP contribution is -2.15. The Morgan fingerprint density at radius 1 is 1.37 bits per heavy atom. The number of hydrogen-bond donors (Lipinski definition) is 2. The molecule has 1 aromatic heterocycles. The van der Waals surface area contributed by atoms with E-state index in [9.17, 15) is 9.90 Å². The molecule has 0 fully saturated rings. The molecule has 0 radical (unpaired) electrons. The number of phenols is 1. The van der Waals surface area contributed by atoms with Crippen LogP contribution in [0.15, 0.2) is 47.5 Å². The third kappa shape index (κ3) is 3.99. The first-order chi connectivity index (χ1) is 9.17. The zero-order chi connectivity index (χ0) is 13.7. The number of benzene rings is 1. The van der Waals surface area contributed by atoms with E-state index in [0.29, 0.717) is 5.82 Å². The van der Waals surface area contributed by atoms with Crippen LogP contribution in [-0.2, 0) is 11.2 Å². The molecule has 1 heterocycles. The summed E-state index contributed by atoms with van der Waals surface area (Å²) in [5, 5.41) is 12.0. The van der Waals surface area contributed by atoms with E-state index in [2.05, 4.69) is 10.3 Å². The molecule has 0 unspecified atom stereocenters. The van der Waals surface area contributed by atoms with Gasteiger partial charge in [0.2, 0.25) is 5.91 Å². The second kappa shape index (κ2) is 6.24. The molecule has 2 aromatic rings. The van der Waals surface area contributed by atoms with Crippen molar-refractivity contribution in [1.82, 2.24) is 4.98 Å². The number of rotatable bonds is 4. The summed E-state index contributed by atoms with van der Waals surface area (Å²) >= 11 is 1.60. The monoisotopic (exact) mass is 274 g/mol. The Balaban J connectivity index is 1.97. The van der Waals surface area contributed by atoms with Crippen molar-refractivity contribution in [2.45, 2.75) is 11.3 Å². The van der Waals surface area contributed by atoms with Gasteiger partial charge in [0.1, 0.15) is 11.6 Å². The van der Waals surface area contributed by atoms with Gasteiger partial charge in [-0.15, -0.1) is 11.8 Å². The van der Waals surface area contributed by atoms with E-state index < -0.39 is 0 Å². The minimum Gasteiger partial charge on any atom is -0.508 e. The largest absolute Gasteiger partial charge is 0.508 e. The fourth-order valence-corrected chi connectivity index (χ4v) is 1.98. The molecule has 0 saturated carbocycles. The minimum absolute atomic E-state index is 0.157. The smallest absolute Gasteiger partial charge is 0.229 e. The number of hydrogen-bond acceptors (Lipinski definition) is 4. The van der Waals surface area contributed by atoms with Crippen molar-refractivity contribution in [2.24, 2.45) is 0 Å². The molecule has 4 nitrogen and oxygen atoms in total.